The largest absolute Gasteiger partial charge is 0.494 e. The molecule has 0 aliphatic carbocycles. The van der Waals surface area contributed by atoms with Crippen LogP contribution in [0.2, 0.25) is 5.02 Å². The van der Waals surface area contributed by atoms with Gasteiger partial charge in [0, 0.05) is 18.6 Å². The van der Waals surface area contributed by atoms with Gasteiger partial charge in [0.05, 0.1) is 11.5 Å². The molecule has 0 saturated carbocycles. The molecule has 0 bridgehead atoms. The van der Waals surface area contributed by atoms with Crippen molar-refractivity contribution in [2.45, 2.75) is 12.8 Å². The van der Waals surface area contributed by atoms with Crippen molar-refractivity contribution >= 4 is 23.3 Å². The summed E-state index contributed by atoms with van der Waals surface area (Å²) in [6, 6.07) is 4.00. The number of benzene rings is 1. The van der Waals surface area contributed by atoms with Gasteiger partial charge in [0.1, 0.15) is 10.8 Å². The van der Waals surface area contributed by atoms with Crippen LogP contribution in [0.1, 0.15) is 12.8 Å². The number of nitrogens with zero attached hydrogens (tertiary/aromatic N) is 1. The highest BCUT2D eigenvalue weighted by molar-refractivity contribution is 6.32. The second kappa shape index (κ2) is 6.05. The number of aliphatic carboxylic acids is 1. The lowest BCUT2D eigenvalue weighted by atomic mass is 10.3. The first-order valence-electron chi connectivity index (χ1n) is 4.79. The molecule has 0 aliphatic heterocycles. The van der Waals surface area contributed by atoms with Gasteiger partial charge < -0.3 is 9.84 Å². The fourth-order valence-electron chi connectivity index (χ4n) is 1.14. The molecule has 7 heteroatoms. The number of hydrogen-bond acceptors (Lipinski definition) is 4. The SMILES string of the molecule is O=C(O)CCCOc1ccc([N+](=O)[O-])c(Cl)c1. The maximum atomic E-state index is 10.5. The third kappa shape index (κ3) is 4.28. The number of nitro benzene ring substituents is 1. The van der Waals surface area contributed by atoms with Gasteiger partial charge in [0.2, 0.25) is 0 Å². The molecule has 0 fully saturated rings. The van der Waals surface area contributed by atoms with Crippen LogP contribution in [0.3, 0.4) is 0 Å². The quantitative estimate of drug-likeness (QED) is 0.481. The summed E-state index contributed by atoms with van der Waals surface area (Å²) in [4.78, 5) is 20.1. The van der Waals surface area contributed by atoms with Crippen molar-refractivity contribution in [2.24, 2.45) is 0 Å². The van der Waals surface area contributed by atoms with E-state index in [-0.39, 0.29) is 23.7 Å². The molecule has 1 aromatic carbocycles. The molecular weight excluding hydrogens is 250 g/mol. The highest BCUT2D eigenvalue weighted by Crippen LogP contribution is 2.28. The Morgan fingerprint density at radius 2 is 2.24 bits per heavy atom. The van der Waals surface area contributed by atoms with Crippen molar-refractivity contribution in [3.63, 3.8) is 0 Å². The van der Waals surface area contributed by atoms with Gasteiger partial charge in [-0.25, -0.2) is 0 Å². The van der Waals surface area contributed by atoms with Crippen LogP contribution >= 0.6 is 11.6 Å². The van der Waals surface area contributed by atoms with Crippen LogP contribution in [0, 0.1) is 10.1 Å². The Balaban J connectivity index is 2.53. The minimum absolute atomic E-state index is 0.00858. The Bertz CT molecular complexity index is 435. The second-order valence-electron chi connectivity index (χ2n) is 3.22. The summed E-state index contributed by atoms with van der Waals surface area (Å²) >= 11 is 5.67. The zero-order valence-corrected chi connectivity index (χ0v) is 9.51. The third-order valence-electron chi connectivity index (χ3n) is 1.92. The lowest BCUT2D eigenvalue weighted by molar-refractivity contribution is -0.384. The fraction of sp³-hybridized carbons (Fsp3) is 0.300. The maximum absolute atomic E-state index is 10.5. The van der Waals surface area contributed by atoms with E-state index in [0.717, 1.165) is 0 Å². The van der Waals surface area contributed by atoms with Crippen molar-refractivity contribution in [1.29, 1.82) is 0 Å². The number of carboxylic acids is 1. The van der Waals surface area contributed by atoms with Crippen molar-refractivity contribution < 1.29 is 19.6 Å². The number of halogens is 1. The maximum Gasteiger partial charge on any atom is 0.303 e. The summed E-state index contributed by atoms with van der Waals surface area (Å²) in [6.07, 6.45) is 0.380. The predicted octanol–water partition coefficient (Wildman–Crippen LogP) is 2.49. The smallest absolute Gasteiger partial charge is 0.303 e. The van der Waals surface area contributed by atoms with E-state index < -0.39 is 10.9 Å². The van der Waals surface area contributed by atoms with Gasteiger partial charge in [0.15, 0.2) is 0 Å². The molecule has 0 spiro atoms. The Morgan fingerprint density at radius 3 is 2.76 bits per heavy atom. The van der Waals surface area contributed by atoms with E-state index in [2.05, 4.69) is 0 Å². The topological polar surface area (TPSA) is 89.7 Å². The molecule has 0 aromatic heterocycles. The van der Waals surface area contributed by atoms with Crippen LogP contribution in [0.15, 0.2) is 18.2 Å². The zero-order chi connectivity index (χ0) is 12.8. The van der Waals surface area contributed by atoms with Crippen LogP contribution in [-0.2, 0) is 4.79 Å². The Hall–Kier alpha value is -1.82. The van der Waals surface area contributed by atoms with Crippen LogP contribution in [0.5, 0.6) is 5.75 Å². The lowest BCUT2D eigenvalue weighted by Crippen LogP contribution is -2.02. The number of rotatable bonds is 6. The molecule has 0 unspecified atom stereocenters. The number of carboxylic acid groups (broad SMARTS) is 1. The van der Waals surface area contributed by atoms with E-state index in [9.17, 15) is 14.9 Å². The zero-order valence-electron chi connectivity index (χ0n) is 8.76. The predicted molar refractivity (Wildman–Crippen MR) is 60.5 cm³/mol. The summed E-state index contributed by atoms with van der Waals surface area (Å²) in [5.41, 5.74) is -0.190. The first-order valence-corrected chi connectivity index (χ1v) is 5.17. The van der Waals surface area contributed by atoms with E-state index in [4.69, 9.17) is 21.4 Å². The highest BCUT2D eigenvalue weighted by atomic mass is 35.5. The van der Waals surface area contributed by atoms with Crippen molar-refractivity contribution in [1.82, 2.24) is 0 Å². The van der Waals surface area contributed by atoms with Gasteiger partial charge in [-0.3, -0.25) is 14.9 Å². The third-order valence-corrected chi connectivity index (χ3v) is 2.22. The number of carbonyl (C=O) groups is 1. The normalized spacial score (nSPS) is 9.94. The van der Waals surface area contributed by atoms with Gasteiger partial charge in [-0.1, -0.05) is 11.6 Å². The molecule has 0 aliphatic rings. The summed E-state index contributed by atoms with van der Waals surface area (Å²) in [5.74, 6) is -0.513. The molecule has 0 saturated heterocycles. The van der Waals surface area contributed by atoms with Gasteiger partial charge in [0.25, 0.3) is 5.69 Å². The van der Waals surface area contributed by atoms with Gasteiger partial charge >= 0.3 is 5.97 Å². The first kappa shape index (κ1) is 13.2. The molecule has 1 rings (SSSR count). The molecular formula is C10H10ClNO5. The average Bonchev–Trinajstić information content (AvgIpc) is 2.23. The molecule has 17 heavy (non-hydrogen) atoms. The second-order valence-corrected chi connectivity index (χ2v) is 3.62. The standard InChI is InChI=1S/C10H10ClNO5/c11-8-6-7(3-4-9(8)12(15)16)17-5-1-2-10(13)14/h3-4,6H,1-2,5H2,(H,13,14). The molecule has 0 amide bonds. The van der Waals surface area contributed by atoms with E-state index in [1.165, 1.54) is 18.2 Å². The summed E-state index contributed by atoms with van der Waals surface area (Å²) in [6.45, 7) is 0.223. The minimum Gasteiger partial charge on any atom is -0.494 e. The molecule has 0 radical (unpaired) electrons. The van der Waals surface area contributed by atoms with E-state index in [0.29, 0.717) is 12.2 Å². The molecule has 0 heterocycles. The van der Waals surface area contributed by atoms with Gasteiger partial charge in [-0.2, -0.15) is 0 Å². The molecule has 92 valence electrons. The average molecular weight is 260 g/mol. The summed E-state index contributed by atoms with van der Waals surface area (Å²) in [7, 11) is 0. The van der Waals surface area contributed by atoms with Crippen LogP contribution in [0.25, 0.3) is 0 Å². The molecule has 6 nitrogen and oxygen atoms in total. The Morgan fingerprint density at radius 1 is 1.53 bits per heavy atom. The van der Waals surface area contributed by atoms with E-state index >= 15 is 0 Å². The number of hydrogen-bond donors (Lipinski definition) is 1. The summed E-state index contributed by atoms with van der Waals surface area (Å²) in [5, 5.41) is 18.9. The first-order chi connectivity index (χ1) is 8.00. The van der Waals surface area contributed by atoms with Gasteiger partial charge in [-0.15, -0.1) is 0 Å². The lowest BCUT2D eigenvalue weighted by Gasteiger charge is -2.05. The van der Waals surface area contributed by atoms with Crippen molar-refractivity contribution in [3.05, 3.63) is 33.3 Å². The Kier molecular flexibility index (Phi) is 4.71. The monoisotopic (exact) mass is 259 g/mol. The van der Waals surface area contributed by atoms with Crippen LogP contribution in [0.4, 0.5) is 5.69 Å². The molecule has 0 atom stereocenters. The van der Waals surface area contributed by atoms with E-state index in [1.54, 1.807) is 0 Å². The fourth-order valence-corrected chi connectivity index (χ4v) is 1.38. The summed E-state index contributed by atoms with van der Waals surface area (Å²) < 4.78 is 5.20. The van der Waals surface area contributed by atoms with Crippen LogP contribution < -0.4 is 4.74 Å². The van der Waals surface area contributed by atoms with Crippen molar-refractivity contribution in [3.8, 4) is 5.75 Å². The number of ether oxygens (including phenoxy) is 1. The molecule has 1 aromatic rings. The molecule has 1 N–H and O–H groups in total. The highest BCUT2D eigenvalue weighted by Gasteiger charge is 2.12. The van der Waals surface area contributed by atoms with Gasteiger partial charge in [-0.05, 0) is 12.5 Å². The number of nitro groups is 1. The minimum atomic E-state index is -0.893. The Labute approximate surface area is 102 Å². The van der Waals surface area contributed by atoms with Crippen molar-refractivity contribution in [2.75, 3.05) is 6.61 Å². The van der Waals surface area contributed by atoms with E-state index in [1.807, 2.05) is 0 Å². The van der Waals surface area contributed by atoms with Crippen LogP contribution in [-0.4, -0.2) is 22.6 Å².